The van der Waals surface area contributed by atoms with Crippen molar-refractivity contribution in [2.45, 2.75) is 24.9 Å². The van der Waals surface area contributed by atoms with Crippen LogP contribution in [0.15, 0.2) is 24.5 Å². The quantitative estimate of drug-likeness (QED) is 0.715. The summed E-state index contributed by atoms with van der Waals surface area (Å²) in [5.41, 5.74) is 9.70. The molecule has 8 nitrogen and oxygen atoms in total. The first-order valence-electron chi connectivity index (χ1n) is 9.21. The molecular weight excluding hydrogens is 344 g/mol. The number of rotatable bonds is 2. The third kappa shape index (κ3) is 2.59. The first kappa shape index (κ1) is 16.3. The Kier molecular flexibility index (Phi) is 3.68. The molecule has 1 aromatic carbocycles. The molecule has 3 aromatic rings. The number of nitrogen functional groups attached to an aromatic ring is 1. The lowest BCUT2D eigenvalue weighted by Crippen LogP contribution is -2.47. The molecule has 2 aliphatic heterocycles. The van der Waals surface area contributed by atoms with Crippen LogP contribution in [0.4, 0.5) is 11.8 Å². The van der Waals surface area contributed by atoms with Crippen LogP contribution in [0.5, 0.6) is 5.75 Å². The second-order valence-electron chi connectivity index (χ2n) is 7.11. The normalized spacial score (nSPS) is 18.6. The number of H-pyrrole nitrogens is 1. The molecule has 5 rings (SSSR count). The number of anilines is 2. The molecular formula is C19H22N6O2. The first-order chi connectivity index (χ1) is 13.2. The number of nitrogens with two attached hydrogens (primary N) is 1. The summed E-state index contributed by atoms with van der Waals surface area (Å²) in [7, 11) is 1.71. The summed E-state index contributed by atoms with van der Waals surface area (Å²) in [4.78, 5) is 18.2. The van der Waals surface area contributed by atoms with Crippen molar-refractivity contribution in [3.63, 3.8) is 0 Å². The lowest BCUT2D eigenvalue weighted by molar-refractivity contribution is -0.0767. The Labute approximate surface area is 156 Å². The molecule has 1 saturated heterocycles. The second kappa shape index (κ2) is 6.09. The van der Waals surface area contributed by atoms with Crippen molar-refractivity contribution < 1.29 is 9.47 Å². The van der Waals surface area contributed by atoms with Gasteiger partial charge in [-0.15, -0.1) is 0 Å². The van der Waals surface area contributed by atoms with Crippen molar-refractivity contribution in [1.82, 2.24) is 19.9 Å². The van der Waals surface area contributed by atoms with Crippen LogP contribution in [0, 0.1) is 0 Å². The number of hydrogen-bond acceptors (Lipinski definition) is 7. The molecule has 0 aliphatic carbocycles. The topological polar surface area (TPSA) is 102 Å². The maximum Gasteiger partial charge on any atom is 0.224 e. The van der Waals surface area contributed by atoms with Crippen molar-refractivity contribution in [1.29, 1.82) is 0 Å². The fraction of sp³-hybridized carbons (Fsp3) is 0.421. The number of nitrogens with one attached hydrogen (secondary N) is 1. The van der Waals surface area contributed by atoms with Crippen LogP contribution >= 0.6 is 0 Å². The van der Waals surface area contributed by atoms with E-state index in [1.165, 1.54) is 11.1 Å². The van der Waals surface area contributed by atoms with Crippen LogP contribution in [0.1, 0.15) is 24.0 Å². The second-order valence-corrected chi connectivity index (χ2v) is 7.11. The van der Waals surface area contributed by atoms with Crippen LogP contribution in [0.25, 0.3) is 11.2 Å². The highest BCUT2D eigenvalue weighted by Gasteiger charge is 2.41. The van der Waals surface area contributed by atoms with Crippen molar-refractivity contribution >= 4 is 22.9 Å². The molecule has 8 heteroatoms. The lowest BCUT2D eigenvalue weighted by atomic mass is 9.79. The number of hydrogen-bond donors (Lipinski definition) is 2. The third-order valence-corrected chi connectivity index (χ3v) is 5.71. The van der Waals surface area contributed by atoms with E-state index in [2.05, 4.69) is 37.0 Å². The highest BCUT2D eigenvalue weighted by atomic mass is 16.5. The lowest BCUT2D eigenvalue weighted by Gasteiger charge is -2.45. The summed E-state index contributed by atoms with van der Waals surface area (Å²) in [5.74, 6) is 1.97. The van der Waals surface area contributed by atoms with Gasteiger partial charge in [-0.3, -0.25) is 0 Å². The zero-order valence-corrected chi connectivity index (χ0v) is 15.2. The summed E-state index contributed by atoms with van der Waals surface area (Å²) in [5, 5.41) is 0. The molecule has 3 N–H and O–H groups in total. The monoisotopic (exact) mass is 366 g/mol. The SMILES string of the molecule is COc1ccc2c(c1)CCOC21CCN(c2nc(N)nc3nc[nH]c23)CC1. The number of aromatic nitrogens is 4. The number of methoxy groups -OCH3 is 1. The Hall–Kier alpha value is -2.87. The van der Waals surface area contributed by atoms with Gasteiger partial charge in [-0.05, 0) is 42.5 Å². The summed E-state index contributed by atoms with van der Waals surface area (Å²) in [6.45, 7) is 2.40. The van der Waals surface area contributed by atoms with E-state index in [1.54, 1.807) is 13.4 Å². The van der Waals surface area contributed by atoms with Gasteiger partial charge in [-0.25, -0.2) is 4.98 Å². The molecule has 2 aliphatic rings. The number of benzene rings is 1. The fourth-order valence-electron chi connectivity index (χ4n) is 4.34. The van der Waals surface area contributed by atoms with E-state index >= 15 is 0 Å². The van der Waals surface area contributed by atoms with E-state index in [0.717, 1.165) is 56.0 Å². The number of piperidine rings is 1. The van der Waals surface area contributed by atoms with Gasteiger partial charge < -0.3 is 25.1 Å². The molecule has 2 aromatic heterocycles. The molecule has 27 heavy (non-hydrogen) atoms. The highest BCUT2D eigenvalue weighted by Crippen LogP contribution is 2.43. The molecule has 0 amide bonds. The van der Waals surface area contributed by atoms with Gasteiger partial charge in [0.2, 0.25) is 5.95 Å². The maximum atomic E-state index is 6.34. The van der Waals surface area contributed by atoms with Gasteiger partial charge >= 0.3 is 0 Å². The zero-order chi connectivity index (χ0) is 18.4. The Bertz CT molecular complexity index is 993. The van der Waals surface area contributed by atoms with Gasteiger partial charge in [-0.1, -0.05) is 6.07 Å². The molecule has 1 fully saturated rings. The van der Waals surface area contributed by atoms with Gasteiger partial charge in [-0.2, -0.15) is 9.97 Å². The van der Waals surface area contributed by atoms with Gasteiger partial charge in [0, 0.05) is 13.1 Å². The van der Waals surface area contributed by atoms with Crippen molar-refractivity contribution in [2.24, 2.45) is 0 Å². The van der Waals surface area contributed by atoms with Crippen LogP contribution in [-0.4, -0.2) is 46.7 Å². The minimum absolute atomic E-state index is 0.234. The molecule has 0 atom stereocenters. The van der Waals surface area contributed by atoms with Crippen LogP contribution in [0.3, 0.4) is 0 Å². The minimum atomic E-state index is -0.234. The summed E-state index contributed by atoms with van der Waals surface area (Å²) in [6.07, 6.45) is 4.34. The molecule has 4 heterocycles. The van der Waals surface area contributed by atoms with Crippen LogP contribution in [-0.2, 0) is 16.8 Å². The number of ether oxygens (including phenoxy) is 2. The number of imidazole rings is 1. The summed E-state index contributed by atoms with van der Waals surface area (Å²) < 4.78 is 11.7. The van der Waals surface area contributed by atoms with Gasteiger partial charge in [0.1, 0.15) is 11.3 Å². The molecule has 0 unspecified atom stereocenters. The number of fused-ring (bicyclic) bond motifs is 3. The van der Waals surface area contributed by atoms with Gasteiger partial charge in [0.05, 0.1) is 25.6 Å². The molecule has 0 saturated carbocycles. The fourth-order valence-corrected chi connectivity index (χ4v) is 4.34. The van der Waals surface area contributed by atoms with E-state index < -0.39 is 0 Å². The standard InChI is InChI=1S/C19H22N6O2/c1-26-13-2-3-14-12(10-13)4-9-27-19(14)5-7-25(8-6-19)17-15-16(22-11-21-15)23-18(20)24-17/h2-3,10-11H,4-9H2,1H3,(H3,20,21,22,23,24). The average molecular weight is 366 g/mol. The highest BCUT2D eigenvalue weighted by molar-refractivity contribution is 5.84. The largest absolute Gasteiger partial charge is 0.497 e. The Morgan fingerprint density at radius 3 is 2.93 bits per heavy atom. The Morgan fingerprint density at radius 2 is 2.11 bits per heavy atom. The van der Waals surface area contributed by atoms with Crippen LogP contribution in [0.2, 0.25) is 0 Å². The predicted octanol–water partition coefficient (Wildman–Crippen LogP) is 2.01. The number of aromatic amines is 1. The summed E-state index contributed by atoms with van der Waals surface area (Å²) in [6, 6.07) is 6.34. The Balaban J connectivity index is 1.44. The molecule has 1 spiro atoms. The van der Waals surface area contributed by atoms with Crippen molar-refractivity contribution in [3.8, 4) is 5.75 Å². The molecule has 140 valence electrons. The number of nitrogens with zero attached hydrogens (tertiary/aromatic N) is 4. The van der Waals surface area contributed by atoms with Gasteiger partial charge in [0.15, 0.2) is 11.5 Å². The zero-order valence-electron chi connectivity index (χ0n) is 15.2. The molecule has 0 bridgehead atoms. The van der Waals surface area contributed by atoms with E-state index in [-0.39, 0.29) is 11.5 Å². The first-order valence-corrected chi connectivity index (χ1v) is 9.21. The average Bonchev–Trinajstić information content (AvgIpc) is 3.16. The van der Waals surface area contributed by atoms with Crippen LogP contribution < -0.4 is 15.4 Å². The van der Waals surface area contributed by atoms with Crippen molar-refractivity contribution in [2.75, 3.05) is 37.4 Å². The smallest absolute Gasteiger partial charge is 0.224 e. The van der Waals surface area contributed by atoms with E-state index in [9.17, 15) is 0 Å². The van der Waals surface area contributed by atoms with E-state index in [4.69, 9.17) is 15.2 Å². The van der Waals surface area contributed by atoms with E-state index in [1.807, 2.05) is 6.07 Å². The maximum absolute atomic E-state index is 6.34. The molecule has 0 radical (unpaired) electrons. The summed E-state index contributed by atoms with van der Waals surface area (Å²) >= 11 is 0. The van der Waals surface area contributed by atoms with Crippen molar-refractivity contribution in [3.05, 3.63) is 35.7 Å². The van der Waals surface area contributed by atoms with E-state index in [0.29, 0.717) is 5.65 Å². The third-order valence-electron chi connectivity index (χ3n) is 5.71. The Morgan fingerprint density at radius 1 is 1.26 bits per heavy atom. The minimum Gasteiger partial charge on any atom is -0.497 e. The predicted molar refractivity (Wildman–Crippen MR) is 102 cm³/mol. The van der Waals surface area contributed by atoms with Gasteiger partial charge in [0.25, 0.3) is 0 Å².